The first-order valence-corrected chi connectivity index (χ1v) is 10.2. The van der Waals surface area contributed by atoms with Crippen molar-refractivity contribution in [2.45, 2.75) is 44.9 Å². The molecule has 0 fully saturated rings. The Morgan fingerprint density at radius 2 is 1.63 bits per heavy atom. The molecular weight excluding hydrogens is 330 g/mol. The zero-order valence-corrected chi connectivity index (χ0v) is 16.4. The first kappa shape index (κ1) is 19.4. The van der Waals surface area contributed by atoms with Gasteiger partial charge in [0.2, 0.25) is 0 Å². The van der Waals surface area contributed by atoms with Crippen LogP contribution in [0.1, 0.15) is 49.7 Å². The van der Waals surface area contributed by atoms with Gasteiger partial charge in [0.15, 0.2) is 0 Å². The zero-order valence-electron chi connectivity index (χ0n) is 16.4. The summed E-state index contributed by atoms with van der Waals surface area (Å²) in [4.78, 5) is 0. The van der Waals surface area contributed by atoms with Gasteiger partial charge in [-0.2, -0.15) is 0 Å². The highest BCUT2D eigenvalue weighted by Crippen LogP contribution is 2.28. The molecule has 0 saturated carbocycles. The maximum atomic E-state index is 6.15. The molecule has 3 rings (SSSR count). The minimum atomic E-state index is 0.317. The molecule has 3 aromatic rings. The number of ether oxygens (including phenoxy) is 1. The van der Waals surface area contributed by atoms with E-state index in [1.807, 2.05) is 0 Å². The van der Waals surface area contributed by atoms with Crippen LogP contribution < -0.4 is 10.5 Å². The minimum absolute atomic E-state index is 0.317. The highest BCUT2D eigenvalue weighted by Gasteiger charge is 2.13. The molecule has 0 aliphatic carbocycles. The molecule has 0 bridgehead atoms. The van der Waals surface area contributed by atoms with Crippen molar-refractivity contribution in [3.05, 3.63) is 77.9 Å². The van der Waals surface area contributed by atoms with Gasteiger partial charge in [-0.1, -0.05) is 80.8 Å². The number of rotatable bonds is 10. The summed E-state index contributed by atoms with van der Waals surface area (Å²) in [6.07, 6.45) is 5.87. The van der Waals surface area contributed by atoms with Gasteiger partial charge in [-0.25, -0.2) is 0 Å². The Morgan fingerprint density at radius 3 is 2.41 bits per heavy atom. The van der Waals surface area contributed by atoms with E-state index in [-0.39, 0.29) is 0 Å². The summed E-state index contributed by atoms with van der Waals surface area (Å²) in [6.45, 7) is 3.68. The van der Waals surface area contributed by atoms with Crippen molar-refractivity contribution in [3.63, 3.8) is 0 Å². The number of unbranched alkanes of at least 4 members (excludes halogenated alkanes) is 3. The van der Waals surface area contributed by atoms with Crippen LogP contribution in [-0.2, 0) is 6.42 Å². The standard InChI is InChI=1S/C25H31NO/c1-2-3-4-7-17-27-23-15-13-20(14-16-23)18-22(19-26)25-12-8-10-21-9-5-6-11-24(21)25/h5-6,8-16,22H,2-4,7,17-19,26H2,1H3. The van der Waals surface area contributed by atoms with Crippen LogP contribution in [0.25, 0.3) is 10.8 Å². The summed E-state index contributed by atoms with van der Waals surface area (Å²) < 4.78 is 5.86. The fourth-order valence-corrected chi connectivity index (χ4v) is 3.65. The Morgan fingerprint density at radius 1 is 0.852 bits per heavy atom. The third-order valence-corrected chi connectivity index (χ3v) is 5.22. The fraction of sp³-hybridized carbons (Fsp3) is 0.360. The van der Waals surface area contributed by atoms with E-state index in [1.165, 1.54) is 41.2 Å². The topological polar surface area (TPSA) is 35.2 Å². The number of benzene rings is 3. The summed E-state index contributed by atoms with van der Waals surface area (Å²) in [6, 6.07) is 23.6. The van der Waals surface area contributed by atoms with Crippen LogP contribution in [0.3, 0.4) is 0 Å². The molecule has 0 heterocycles. The molecule has 0 saturated heterocycles. The van der Waals surface area contributed by atoms with Crippen molar-refractivity contribution >= 4 is 10.8 Å². The number of fused-ring (bicyclic) bond motifs is 1. The Hall–Kier alpha value is -2.32. The van der Waals surface area contributed by atoms with Crippen LogP contribution in [-0.4, -0.2) is 13.2 Å². The molecule has 0 spiro atoms. The monoisotopic (exact) mass is 361 g/mol. The van der Waals surface area contributed by atoms with E-state index in [0.29, 0.717) is 12.5 Å². The normalized spacial score (nSPS) is 12.2. The van der Waals surface area contributed by atoms with Gasteiger partial charge < -0.3 is 10.5 Å². The second kappa shape index (κ2) is 10.1. The predicted octanol–water partition coefficient (Wildman–Crippen LogP) is 6.08. The van der Waals surface area contributed by atoms with Gasteiger partial charge in [-0.3, -0.25) is 0 Å². The molecule has 3 aromatic carbocycles. The van der Waals surface area contributed by atoms with Crippen molar-refractivity contribution in [1.82, 2.24) is 0 Å². The lowest BCUT2D eigenvalue weighted by Gasteiger charge is -2.18. The van der Waals surface area contributed by atoms with Crippen molar-refractivity contribution in [2.24, 2.45) is 5.73 Å². The van der Waals surface area contributed by atoms with Crippen molar-refractivity contribution in [3.8, 4) is 5.75 Å². The Bertz CT molecular complexity index is 820. The highest BCUT2D eigenvalue weighted by atomic mass is 16.5. The maximum absolute atomic E-state index is 6.15. The Kier molecular flexibility index (Phi) is 7.29. The van der Waals surface area contributed by atoms with Crippen molar-refractivity contribution in [1.29, 1.82) is 0 Å². The summed E-state index contributed by atoms with van der Waals surface area (Å²) >= 11 is 0. The summed E-state index contributed by atoms with van der Waals surface area (Å²) in [7, 11) is 0. The molecule has 27 heavy (non-hydrogen) atoms. The first-order chi connectivity index (χ1) is 13.3. The van der Waals surface area contributed by atoms with Gasteiger partial charge in [-0.15, -0.1) is 0 Å². The molecule has 0 aliphatic rings. The van der Waals surface area contributed by atoms with E-state index in [2.05, 4.69) is 73.7 Å². The highest BCUT2D eigenvalue weighted by molar-refractivity contribution is 5.86. The van der Waals surface area contributed by atoms with E-state index in [4.69, 9.17) is 10.5 Å². The van der Waals surface area contributed by atoms with E-state index in [9.17, 15) is 0 Å². The van der Waals surface area contributed by atoms with Gasteiger partial charge >= 0.3 is 0 Å². The van der Waals surface area contributed by atoms with Gasteiger partial charge in [0.1, 0.15) is 5.75 Å². The average molecular weight is 362 g/mol. The minimum Gasteiger partial charge on any atom is -0.494 e. The molecule has 142 valence electrons. The Labute approximate surface area is 163 Å². The molecule has 1 atom stereocenters. The molecule has 0 aromatic heterocycles. The second-order valence-corrected chi connectivity index (χ2v) is 7.26. The SMILES string of the molecule is CCCCCCOc1ccc(CC(CN)c2cccc3ccccc23)cc1. The number of nitrogens with two attached hydrogens (primary N) is 1. The van der Waals surface area contributed by atoms with Gasteiger partial charge in [-0.05, 0) is 53.4 Å². The molecule has 1 unspecified atom stereocenters. The zero-order chi connectivity index (χ0) is 18.9. The molecule has 0 radical (unpaired) electrons. The van der Waals surface area contributed by atoms with Crippen molar-refractivity contribution in [2.75, 3.05) is 13.2 Å². The first-order valence-electron chi connectivity index (χ1n) is 10.2. The Balaban J connectivity index is 1.64. The molecule has 2 N–H and O–H groups in total. The molecule has 2 heteroatoms. The van der Waals surface area contributed by atoms with Gasteiger partial charge in [0.25, 0.3) is 0 Å². The van der Waals surface area contributed by atoms with Crippen LogP contribution in [0.15, 0.2) is 66.7 Å². The second-order valence-electron chi connectivity index (χ2n) is 7.26. The van der Waals surface area contributed by atoms with Crippen LogP contribution >= 0.6 is 0 Å². The van der Waals surface area contributed by atoms with Gasteiger partial charge in [0, 0.05) is 5.92 Å². The summed E-state index contributed by atoms with van der Waals surface area (Å²) in [5.41, 5.74) is 8.80. The summed E-state index contributed by atoms with van der Waals surface area (Å²) in [5, 5.41) is 2.59. The molecule has 0 amide bonds. The molecule has 0 aliphatic heterocycles. The lowest BCUT2D eigenvalue weighted by atomic mass is 9.88. The molecule has 2 nitrogen and oxygen atoms in total. The average Bonchev–Trinajstić information content (AvgIpc) is 2.72. The van der Waals surface area contributed by atoms with E-state index >= 15 is 0 Å². The van der Waals surface area contributed by atoms with E-state index in [0.717, 1.165) is 25.2 Å². The predicted molar refractivity (Wildman–Crippen MR) is 116 cm³/mol. The largest absolute Gasteiger partial charge is 0.494 e. The van der Waals surface area contributed by atoms with Gasteiger partial charge in [0.05, 0.1) is 6.61 Å². The van der Waals surface area contributed by atoms with Crippen LogP contribution in [0, 0.1) is 0 Å². The maximum Gasteiger partial charge on any atom is 0.119 e. The number of hydrogen-bond acceptors (Lipinski definition) is 2. The van der Waals surface area contributed by atoms with E-state index in [1.54, 1.807) is 0 Å². The van der Waals surface area contributed by atoms with Crippen LogP contribution in [0.5, 0.6) is 5.75 Å². The third kappa shape index (κ3) is 5.33. The smallest absolute Gasteiger partial charge is 0.119 e. The molecular formula is C25H31NO. The summed E-state index contributed by atoms with van der Waals surface area (Å²) in [5.74, 6) is 1.28. The quantitative estimate of drug-likeness (QED) is 0.444. The van der Waals surface area contributed by atoms with Crippen LogP contribution in [0.4, 0.5) is 0 Å². The lowest BCUT2D eigenvalue weighted by Crippen LogP contribution is -2.15. The van der Waals surface area contributed by atoms with Crippen molar-refractivity contribution < 1.29 is 4.74 Å². The van der Waals surface area contributed by atoms with Crippen LogP contribution in [0.2, 0.25) is 0 Å². The third-order valence-electron chi connectivity index (χ3n) is 5.22. The fourth-order valence-electron chi connectivity index (χ4n) is 3.65. The lowest BCUT2D eigenvalue weighted by molar-refractivity contribution is 0.305. The number of hydrogen-bond donors (Lipinski definition) is 1. The van der Waals surface area contributed by atoms with E-state index < -0.39 is 0 Å².